The van der Waals surface area contributed by atoms with Gasteiger partial charge in [-0.2, -0.15) is 0 Å². The van der Waals surface area contributed by atoms with Gasteiger partial charge in [0.15, 0.2) is 0 Å². The lowest BCUT2D eigenvalue weighted by Crippen LogP contribution is -2.58. The molecule has 2 aliphatic rings. The van der Waals surface area contributed by atoms with E-state index in [0.29, 0.717) is 35.6 Å². The first-order valence-corrected chi connectivity index (χ1v) is 22.6. The van der Waals surface area contributed by atoms with Crippen molar-refractivity contribution in [2.75, 3.05) is 19.7 Å². The summed E-state index contributed by atoms with van der Waals surface area (Å²) >= 11 is 0. The first-order valence-electron chi connectivity index (χ1n) is 21.1. The topological polar surface area (TPSA) is 252 Å². The number of fused-ring (bicyclic) bond motifs is 1. The lowest BCUT2D eigenvalue weighted by molar-refractivity contribution is -0.143. The van der Waals surface area contributed by atoms with E-state index in [0.717, 1.165) is 19.3 Å². The second-order valence-electron chi connectivity index (χ2n) is 16.3. The Morgan fingerprint density at radius 2 is 1.53 bits per heavy atom. The highest BCUT2D eigenvalue weighted by atomic mass is 32.2. The molecule has 1 saturated heterocycles. The van der Waals surface area contributed by atoms with E-state index in [4.69, 9.17) is 10.5 Å². The van der Waals surface area contributed by atoms with Crippen LogP contribution in [0.1, 0.15) is 83.7 Å². The fourth-order valence-electron chi connectivity index (χ4n) is 7.97. The van der Waals surface area contributed by atoms with Crippen LogP contribution >= 0.6 is 0 Å². The number of hydrogen-bond acceptors (Lipinski definition) is 10. The molecule has 0 aromatic heterocycles. The number of alkyl carbamates (subject to hydrolysis) is 1. The predicted molar refractivity (Wildman–Crippen MR) is 229 cm³/mol. The number of amides is 6. The Balaban J connectivity index is 1.36. The molecule has 334 valence electrons. The molecule has 17 nitrogen and oxygen atoms in total. The number of carbonyl (C=O) groups is 7. The van der Waals surface area contributed by atoms with Crippen LogP contribution in [0, 0.1) is 11.8 Å². The molecule has 1 aliphatic heterocycles. The normalized spacial score (nSPS) is 18.3. The average Bonchev–Trinajstić information content (AvgIpc) is 3.68. The molecule has 1 unspecified atom stereocenters. The van der Waals surface area contributed by atoms with Crippen molar-refractivity contribution in [3.63, 3.8) is 0 Å². The van der Waals surface area contributed by atoms with Crippen LogP contribution in [-0.2, 0) is 43.5 Å². The molecule has 0 bridgehead atoms. The fourth-order valence-corrected chi connectivity index (χ4v) is 9.44. The van der Waals surface area contributed by atoms with Crippen molar-refractivity contribution in [1.29, 1.82) is 0 Å². The van der Waals surface area contributed by atoms with Gasteiger partial charge >= 0.3 is 6.09 Å². The Labute approximate surface area is 361 Å². The third kappa shape index (κ3) is 12.4. The summed E-state index contributed by atoms with van der Waals surface area (Å²) < 4.78 is 36.0. The molecule has 5 atom stereocenters. The molecule has 2 fully saturated rings. The van der Waals surface area contributed by atoms with E-state index < -0.39 is 88.2 Å². The zero-order valence-electron chi connectivity index (χ0n) is 35.3. The average molecular weight is 876 g/mol. The summed E-state index contributed by atoms with van der Waals surface area (Å²) in [5.41, 5.74) is 5.90. The standard InChI is InChI=1S/C44H57N7O10S/c1-4-14-33(39(53)42(56)46-24-36(52)48-37(40(45)54)29-16-7-5-8-17-29)47-41(55)34-23-31(50-62(59,60)35-22-13-20-28-15-11-12-21-32(28)35)25-51(34)43(57)38(30-18-9-6-10-19-30)49-44(58)61-26-27(2)3/h5,7-8,11-13,15-17,20-22,27,30-31,33-34,37-38,50H,4,6,9-10,14,18-19,23-26H2,1-3H3,(H2,45,54)(H,46,56)(H,47,55)(H,48,52)(H,49,58)/t31-,33?,34+,37+,38+/m1/s1. The van der Waals surface area contributed by atoms with E-state index in [1.165, 1.54) is 11.0 Å². The summed E-state index contributed by atoms with van der Waals surface area (Å²) in [5, 5.41) is 11.2. The molecule has 6 amide bonds. The number of rotatable bonds is 19. The van der Waals surface area contributed by atoms with E-state index in [-0.39, 0.29) is 42.7 Å². The van der Waals surface area contributed by atoms with Gasteiger partial charge in [-0.25, -0.2) is 17.9 Å². The summed E-state index contributed by atoms with van der Waals surface area (Å²) in [4.78, 5) is 94.9. The smallest absolute Gasteiger partial charge is 0.407 e. The maximum Gasteiger partial charge on any atom is 0.407 e. The second-order valence-corrected chi connectivity index (χ2v) is 17.9. The number of ketones is 1. The minimum absolute atomic E-state index is 0.00764. The lowest BCUT2D eigenvalue weighted by atomic mass is 9.83. The van der Waals surface area contributed by atoms with Crippen molar-refractivity contribution >= 4 is 62.2 Å². The summed E-state index contributed by atoms with van der Waals surface area (Å²) in [7, 11) is -4.22. The van der Waals surface area contributed by atoms with E-state index in [1.807, 2.05) is 13.8 Å². The van der Waals surface area contributed by atoms with Gasteiger partial charge < -0.3 is 36.6 Å². The third-order valence-electron chi connectivity index (χ3n) is 11.0. The Morgan fingerprint density at radius 3 is 2.21 bits per heavy atom. The van der Waals surface area contributed by atoms with Gasteiger partial charge in [-0.15, -0.1) is 0 Å². The SMILES string of the molecule is CCCC(NC(=O)[C@@H]1C[C@@H](NS(=O)(=O)c2cccc3ccccc23)CN1C(=O)[C@@H](NC(=O)OCC(C)C)C1CCCCC1)C(=O)C(=O)NCC(=O)N[C@H](C(N)=O)c1ccccc1. The number of likely N-dealkylation sites (tertiary alicyclic amines) is 1. The Bertz CT molecular complexity index is 2210. The number of Topliss-reactive ketones (excluding diaryl/α,β-unsaturated/α-hetero) is 1. The van der Waals surface area contributed by atoms with E-state index in [2.05, 4.69) is 26.0 Å². The number of primary amides is 1. The van der Waals surface area contributed by atoms with E-state index in [9.17, 15) is 42.0 Å². The monoisotopic (exact) mass is 875 g/mol. The van der Waals surface area contributed by atoms with Crippen molar-refractivity contribution in [1.82, 2.24) is 30.9 Å². The van der Waals surface area contributed by atoms with Crippen LogP contribution in [0.15, 0.2) is 77.7 Å². The van der Waals surface area contributed by atoms with Crippen molar-refractivity contribution in [2.45, 2.75) is 107 Å². The van der Waals surface area contributed by atoms with Crippen LogP contribution in [0.4, 0.5) is 4.79 Å². The number of benzene rings is 3. The number of ether oxygens (including phenoxy) is 1. The highest BCUT2D eigenvalue weighted by Crippen LogP contribution is 2.31. The number of sulfonamides is 1. The molecule has 7 N–H and O–H groups in total. The number of nitrogens with zero attached hydrogens (tertiary/aromatic N) is 1. The van der Waals surface area contributed by atoms with Crippen molar-refractivity contribution in [2.24, 2.45) is 17.6 Å². The van der Waals surface area contributed by atoms with Crippen molar-refractivity contribution < 1.29 is 46.7 Å². The van der Waals surface area contributed by atoms with Gasteiger partial charge in [-0.1, -0.05) is 113 Å². The van der Waals surface area contributed by atoms with Crippen LogP contribution in [0.25, 0.3) is 10.8 Å². The van der Waals surface area contributed by atoms with Gasteiger partial charge in [-0.3, -0.25) is 28.8 Å². The summed E-state index contributed by atoms with van der Waals surface area (Å²) in [6, 6.07) is 14.1. The Kier molecular flexibility index (Phi) is 16.6. The van der Waals surface area contributed by atoms with Crippen LogP contribution in [0.5, 0.6) is 0 Å². The minimum atomic E-state index is -4.22. The fraction of sp³-hybridized carbons (Fsp3) is 0.477. The molecule has 1 aliphatic carbocycles. The maximum atomic E-state index is 14.7. The van der Waals surface area contributed by atoms with Gasteiger partial charge in [0, 0.05) is 18.0 Å². The van der Waals surface area contributed by atoms with Crippen LogP contribution in [0.2, 0.25) is 0 Å². The molecule has 1 heterocycles. The quantitative estimate of drug-likeness (QED) is 0.0961. The second kappa shape index (κ2) is 21.8. The molecule has 0 radical (unpaired) electrons. The molecular formula is C44H57N7O10S. The molecule has 3 aromatic rings. The van der Waals surface area contributed by atoms with Crippen molar-refractivity contribution in [3.05, 3.63) is 78.4 Å². The van der Waals surface area contributed by atoms with Crippen molar-refractivity contribution in [3.8, 4) is 0 Å². The van der Waals surface area contributed by atoms with E-state index >= 15 is 0 Å². The van der Waals surface area contributed by atoms with Gasteiger partial charge in [0.2, 0.25) is 39.4 Å². The first-order chi connectivity index (χ1) is 29.6. The molecule has 18 heteroatoms. The van der Waals surface area contributed by atoms with Gasteiger partial charge in [0.1, 0.15) is 18.1 Å². The summed E-state index contributed by atoms with van der Waals surface area (Å²) in [6.45, 7) is 4.64. The Hall–Kier alpha value is -5.88. The molecule has 62 heavy (non-hydrogen) atoms. The van der Waals surface area contributed by atoms with Gasteiger partial charge in [-0.05, 0) is 54.5 Å². The summed E-state index contributed by atoms with van der Waals surface area (Å²) in [5.74, 6) is -5.60. The van der Waals surface area contributed by atoms with Crippen LogP contribution in [0.3, 0.4) is 0 Å². The van der Waals surface area contributed by atoms with Gasteiger partial charge in [0.25, 0.3) is 5.91 Å². The Morgan fingerprint density at radius 1 is 0.855 bits per heavy atom. The van der Waals surface area contributed by atoms with Crippen LogP contribution in [-0.4, -0.2) is 98.6 Å². The number of carbonyl (C=O) groups excluding carboxylic acids is 7. The van der Waals surface area contributed by atoms with E-state index in [1.54, 1.807) is 73.7 Å². The molecule has 1 saturated carbocycles. The zero-order valence-corrected chi connectivity index (χ0v) is 36.1. The number of nitrogens with one attached hydrogen (secondary N) is 5. The summed E-state index contributed by atoms with van der Waals surface area (Å²) in [6.07, 6.45) is 3.19. The first kappa shape index (κ1) is 47.2. The third-order valence-corrected chi connectivity index (χ3v) is 12.6. The lowest BCUT2D eigenvalue weighted by Gasteiger charge is -2.34. The molecule has 3 aromatic carbocycles. The molecule has 0 spiro atoms. The predicted octanol–water partition coefficient (Wildman–Crippen LogP) is 2.73. The zero-order chi connectivity index (χ0) is 45.0. The molecule has 5 rings (SSSR count). The highest BCUT2D eigenvalue weighted by molar-refractivity contribution is 7.89. The van der Waals surface area contributed by atoms with Gasteiger partial charge in [0.05, 0.1) is 24.1 Å². The minimum Gasteiger partial charge on any atom is -0.449 e. The largest absolute Gasteiger partial charge is 0.449 e. The molecular weight excluding hydrogens is 819 g/mol. The number of nitrogens with two attached hydrogens (primary N) is 1. The van der Waals surface area contributed by atoms with Crippen LogP contribution < -0.4 is 31.7 Å². The number of hydrogen-bond donors (Lipinski definition) is 6. The maximum absolute atomic E-state index is 14.7. The highest BCUT2D eigenvalue weighted by Gasteiger charge is 2.46.